The van der Waals surface area contributed by atoms with Crippen LogP contribution in [-0.2, 0) is 5.16 Å². The molecule has 25 heavy (non-hydrogen) atoms. The van der Waals surface area contributed by atoms with Crippen LogP contribution in [0.15, 0.2) is 60.7 Å². The normalized spacial score (nSPS) is 19.2. The lowest BCUT2D eigenvalue weighted by Gasteiger charge is -2.37. The summed E-state index contributed by atoms with van der Waals surface area (Å²) in [7, 11) is -0.955. The van der Waals surface area contributed by atoms with E-state index in [1.54, 1.807) is 0 Å². The van der Waals surface area contributed by atoms with Crippen LogP contribution in [0.3, 0.4) is 0 Å². The van der Waals surface area contributed by atoms with Crippen molar-refractivity contribution in [3.05, 3.63) is 71.8 Å². The molecule has 1 N–H and O–H groups in total. The quantitative estimate of drug-likeness (QED) is 0.454. The number of hydrogen-bond acceptors (Lipinski definition) is 1. The fourth-order valence-corrected chi connectivity index (χ4v) is 8.77. The number of nitrogens with one attached hydrogen (secondary N) is 1. The third-order valence-electron chi connectivity index (χ3n) is 5.87. The second-order valence-corrected chi connectivity index (χ2v) is 10.9. The molecule has 2 aromatic carbocycles. The second kappa shape index (κ2) is 9.35. The Bertz CT molecular complexity index is 571. The highest BCUT2D eigenvalue weighted by molar-refractivity contribution is 6.64. The first kappa shape index (κ1) is 18.4. The summed E-state index contributed by atoms with van der Waals surface area (Å²) in [5.41, 5.74) is 2.97. The maximum Gasteiger partial charge on any atom is 0.0733 e. The van der Waals surface area contributed by atoms with E-state index in [0.717, 1.165) is 0 Å². The van der Waals surface area contributed by atoms with E-state index in [0.29, 0.717) is 0 Å². The van der Waals surface area contributed by atoms with E-state index in [-0.39, 0.29) is 5.16 Å². The van der Waals surface area contributed by atoms with Crippen LogP contribution in [0.4, 0.5) is 0 Å². The van der Waals surface area contributed by atoms with Crippen LogP contribution in [0.1, 0.15) is 56.6 Å². The smallest absolute Gasteiger partial charge is 0.0733 e. The average Bonchev–Trinajstić information content (AvgIpc) is 3.11. The van der Waals surface area contributed by atoms with Gasteiger partial charge in [0.15, 0.2) is 0 Å². The van der Waals surface area contributed by atoms with Crippen molar-refractivity contribution in [3.63, 3.8) is 0 Å². The van der Waals surface area contributed by atoms with E-state index in [9.17, 15) is 0 Å². The van der Waals surface area contributed by atoms with Gasteiger partial charge in [-0.2, -0.15) is 0 Å². The molecule has 2 heteroatoms. The fourth-order valence-electron chi connectivity index (χ4n) is 4.58. The molecule has 1 atom stereocenters. The molecule has 1 aliphatic heterocycles. The molecule has 1 saturated heterocycles. The Balaban J connectivity index is 1.77. The van der Waals surface area contributed by atoms with E-state index >= 15 is 0 Å². The lowest BCUT2D eigenvalue weighted by atomic mass is 9.97. The Morgan fingerprint density at radius 3 is 1.96 bits per heavy atom. The first-order chi connectivity index (χ1) is 12.4. The van der Waals surface area contributed by atoms with Gasteiger partial charge in [-0.25, -0.2) is 0 Å². The Kier molecular flexibility index (Phi) is 6.89. The molecule has 0 radical (unpaired) electrons. The standard InChI is InChI=1S/C23H33NSi/c1-2-3-4-5-6-13-19-25-20-18-24-23(25,21-14-9-7-10-15-21)22-16-11-8-12-17-22/h7-12,14-17,24-25H,2-6,13,18-20H2,1H3. The maximum absolute atomic E-state index is 3.98. The van der Waals surface area contributed by atoms with E-state index in [1.165, 1.54) is 68.3 Å². The molecule has 3 rings (SSSR count). The number of hydrogen-bond donors (Lipinski definition) is 1. The number of rotatable bonds is 9. The van der Waals surface area contributed by atoms with Gasteiger partial charge in [0.2, 0.25) is 0 Å². The van der Waals surface area contributed by atoms with Gasteiger partial charge in [-0.1, -0.05) is 112 Å². The van der Waals surface area contributed by atoms with Crippen LogP contribution in [0.2, 0.25) is 12.1 Å². The van der Waals surface area contributed by atoms with Crippen LogP contribution in [0.25, 0.3) is 0 Å². The SMILES string of the molecule is CCCCCCCC[SiH]1CCNC1(c1ccccc1)c1ccccc1. The molecule has 2 aromatic rings. The summed E-state index contributed by atoms with van der Waals surface area (Å²) in [5, 5.41) is 4.11. The number of unbranched alkanes of at least 4 members (excludes halogenated alkanes) is 5. The second-order valence-electron chi connectivity index (χ2n) is 7.51. The summed E-state index contributed by atoms with van der Waals surface area (Å²) >= 11 is 0. The first-order valence-corrected chi connectivity index (χ1v) is 12.4. The van der Waals surface area contributed by atoms with E-state index in [4.69, 9.17) is 0 Å². The lowest BCUT2D eigenvalue weighted by Crippen LogP contribution is -2.48. The van der Waals surface area contributed by atoms with Gasteiger partial charge in [0.25, 0.3) is 0 Å². The van der Waals surface area contributed by atoms with Gasteiger partial charge in [0.1, 0.15) is 0 Å². The van der Waals surface area contributed by atoms with Crippen molar-refractivity contribution in [2.75, 3.05) is 6.54 Å². The molecular weight excluding hydrogens is 318 g/mol. The van der Waals surface area contributed by atoms with Crippen molar-refractivity contribution in [2.24, 2.45) is 0 Å². The zero-order chi connectivity index (χ0) is 17.4. The van der Waals surface area contributed by atoms with Gasteiger partial charge in [-0.3, -0.25) is 0 Å². The number of benzene rings is 2. The Hall–Kier alpha value is -1.38. The zero-order valence-corrected chi connectivity index (χ0v) is 16.9. The van der Waals surface area contributed by atoms with E-state index in [2.05, 4.69) is 72.9 Å². The van der Waals surface area contributed by atoms with Gasteiger partial charge < -0.3 is 5.32 Å². The van der Waals surface area contributed by atoms with E-state index < -0.39 is 8.80 Å². The highest BCUT2D eigenvalue weighted by atomic mass is 28.3. The van der Waals surface area contributed by atoms with Crippen LogP contribution >= 0.6 is 0 Å². The molecule has 134 valence electrons. The minimum atomic E-state index is -0.955. The van der Waals surface area contributed by atoms with Crippen molar-refractivity contribution < 1.29 is 0 Å². The minimum absolute atomic E-state index is 0.131. The molecule has 0 bridgehead atoms. The minimum Gasteiger partial charge on any atom is -0.307 e. The maximum atomic E-state index is 3.98. The highest BCUT2D eigenvalue weighted by Crippen LogP contribution is 2.39. The van der Waals surface area contributed by atoms with Crippen LogP contribution in [0, 0.1) is 0 Å². The Labute approximate surface area is 155 Å². The summed E-state index contributed by atoms with van der Waals surface area (Å²) in [6.07, 6.45) is 8.43. The van der Waals surface area contributed by atoms with Crippen molar-refractivity contribution in [3.8, 4) is 0 Å². The summed E-state index contributed by atoms with van der Waals surface area (Å²) in [6.45, 7) is 3.47. The molecule has 0 aliphatic carbocycles. The van der Waals surface area contributed by atoms with Crippen molar-refractivity contribution in [1.82, 2.24) is 5.32 Å². The molecule has 1 heterocycles. The molecule has 1 nitrogen and oxygen atoms in total. The van der Waals surface area contributed by atoms with Crippen molar-refractivity contribution in [2.45, 2.75) is 62.7 Å². The van der Waals surface area contributed by atoms with Crippen LogP contribution < -0.4 is 5.32 Å². The van der Waals surface area contributed by atoms with Crippen molar-refractivity contribution in [1.29, 1.82) is 0 Å². The summed E-state index contributed by atoms with van der Waals surface area (Å²) in [4.78, 5) is 0. The largest absolute Gasteiger partial charge is 0.307 e. The predicted octanol–water partition coefficient (Wildman–Crippen LogP) is 5.66. The van der Waals surface area contributed by atoms with Crippen LogP contribution in [0.5, 0.6) is 0 Å². The summed E-state index contributed by atoms with van der Waals surface area (Å²) in [6, 6.07) is 25.3. The average molecular weight is 352 g/mol. The van der Waals surface area contributed by atoms with Gasteiger partial charge in [-0.05, 0) is 23.7 Å². The van der Waals surface area contributed by atoms with Gasteiger partial charge >= 0.3 is 0 Å². The van der Waals surface area contributed by atoms with Gasteiger partial charge in [0.05, 0.1) is 14.0 Å². The molecule has 0 aromatic heterocycles. The lowest BCUT2D eigenvalue weighted by molar-refractivity contribution is 0.585. The molecule has 1 aliphatic rings. The zero-order valence-electron chi connectivity index (χ0n) is 15.7. The molecule has 0 saturated carbocycles. The molecule has 0 spiro atoms. The van der Waals surface area contributed by atoms with Crippen molar-refractivity contribution >= 4 is 8.80 Å². The molecule has 0 amide bonds. The molecular formula is C23H33NSi. The van der Waals surface area contributed by atoms with E-state index in [1.807, 2.05) is 0 Å². The first-order valence-electron chi connectivity index (χ1n) is 10.2. The summed E-state index contributed by atoms with van der Waals surface area (Å²) < 4.78 is 0. The summed E-state index contributed by atoms with van der Waals surface area (Å²) in [5.74, 6) is 0. The third-order valence-corrected chi connectivity index (χ3v) is 10.1. The molecule has 1 fully saturated rings. The molecule has 1 unspecified atom stereocenters. The van der Waals surface area contributed by atoms with Gasteiger partial charge in [0, 0.05) is 0 Å². The third kappa shape index (κ3) is 4.24. The van der Waals surface area contributed by atoms with Crippen LogP contribution in [-0.4, -0.2) is 15.3 Å². The topological polar surface area (TPSA) is 12.0 Å². The van der Waals surface area contributed by atoms with Gasteiger partial charge in [-0.15, -0.1) is 0 Å². The fraction of sp³-hybridized carbons (Fsp3) is 0.478. The Morgan fingerprint density at radius 1 is 0.800 bits per heavy atom. The Morgan fingerprint density at radius 2 is 1.36 bits per heavy atom. The highest BCUT2D eigenvalue weighted by Gasteiger charge is 2.45. The monoisotopic (exact) mass is 351 g/mol. The predicted molar refractivity (Wildman–Crippen MR) is 112 cm³/mol.